The molecule has 0 saturated carbocycles. The third-order valence-corrected chi connectivity index (χ3v) is 3.59. The third-order valence-electron chi connectivity index (χ3n) is 2.16. The number of nitrogens with one attached hydrogen (secondary N) is 1. The van der Waals surface area contributed by atoms with Crippen LogP contribution in [0.15, 0.2) is 0 Å². The predicted octanol–water partition coefficient (Wildman–Crippen LogP) is 0.761. The fraction of sp³-hybridized carbons (Fsp3) is 0.667. The van der Waals surface area contributed by atoms with E-state index in [9.17, 15) is 9.59 Å². The topological polar surface area (TPSA) is 49.4 Å². The van der Waals surface area contributed by atoms with Gasteiger partial charge in [0.15, 0.2) is 0 Å². The summed E-state index contributed by atoms with van der Waals surface area (Å²) in [4.78, 5) is 24.2. The fourth-order valence-corrected chi connectivity index (χ4v) is 2.17. The van der Waals surface area contributed by atoms with E-state index >= 15 is 0 Å². The van der Waals surface area contributed by atoms with E-state index in [0.29, 0.717) is 10.1 Å². The van der Waals surface area contributed by atoms with Crippen molar-refractivity contribution in [3.63, 3.8) is 0 Å². The second kappa shape index (κ2) is 5.46. The molecule has 1 atom stereocenters. The quantitative estimate of drug-likeness (QED) is 0.744. The van der Waals surface area contributed by atoms with Crippen LogP contribution in [-0.2, 0) is 9.59 Å². The number of carbonyl (C=O) groups excluding carboxylic acids is 2. The van der Waals surface area contributed by atoms with Gasteiger partial charge in [0.05, 0.1) is 5.75 Å². The molecule has 1 heterocycles. The highest BCUT2D eigenvalue weighted by atomic mass is 32.2. The van der Waals surface area contributed by atoms with Gasteiger partial charge in [-0.2, -0.15) is 0 Å². The number of hydrogen-bond donors (Lipinski definition) is 1. The maximum absolute atomic E-state index is 11.5. The molecule has 84 valence electrons. The van der Waals surface area contributed by atoms with Crippen LogP contribution in [0.1, 0.15) is 20.3 Å². The molecular formula is C9H14N2O2S2. The normalized spacial score (nSPS) is 18.1. The summed E-state index contributed by atoms with van der Waals surface area (Å²) in [6, 6.07) is 0.136. The molecule has 1 aliphatic heterocycles. The minimum absolute atomic E-state index is 0.0506. The molecule has 1 N–H and O–H groups in total. The van der Waals surface area contributed by atoms with E-state index < -0.39 is 0 Å². The van der Waals surface area contributed by atoms with Crippen LogP contribution in [0.5, 0.6) is 0 Å². The summed E-state index contributed by atoms with van der Waals surface area (Å²) in [5.41, 5.74) is 0. The van der Waals surface area contributed by atoms with Crippen LogP contribution in [0.25, 0.3) is 0 Å². The Morgan fingerprint density at radius 3 is 2.87 bits per heavy atom. The van der Waals surface area contributed by atoms with Gasteiger partial charge in [-0.05, 0) is 13.3 Å². The van der Waals surface area contributed by atoms with Gasteiger partial charge in [-0.25, -0.2) is 0 Å². The van der Waals surface area contributed by atoms with Gasteiger partial charge in [-0.1, -0.05) is 30.9 Å². The van der Waals surface area contributed by atoms with Crippen LogP contribution in [-0.4, -0.2) is 39.4 Å². The first-order valence-electron chi connectivity index (χ1n) is 4.81. The molecule has 1 fully saturated rings. The van der Waals surface area contributed by atoms with E-state index in [1.807, 2.05) is 13.8 Å². The van der Waals surface area contributed by atoms with Crippen LogP contribution in [0.3, 0.4) is 0 Å². The Kier molecular flexibility index (Phi) is 4.53. The number of thioether (sulfide) groups is 1. The summed E-state index contributed by atoms with van der Waals surface area (Å²) in [7, 11) is 0. The van der Waals surface area contributed by atoms with Gasteiger partial charge in [0, 0.05) is 6.04 Å². The zero-order valence-corrected chi connectivity index (χ0v) is 10.4. The molecule has 6 heteroatoms. The highest BCUT2D eigenvalue weighted by Crippen LogP contribution is 2.18. The molecule has 0 aromatic rings. The molecule has 0 aromatic carbocycles. The zero-order chi connectivity index (χ0) is 11.4. The number of rotatable bonds is 4. The Morgan fingerprint density at radius 2 is 2.40 bits per heavy atom. The number of amides is 2. The van der Waals surface area contributed by atoms with Crippen molar-refractivity contribution >= 4 is 40.1 Å². The summed E-state index contributed by atoms with van der Waals surface area (Å²) in [6.07, 6.45) is 0.874. The number of hydrogen-bond acceptors (Lipinski definition) is 4. The molecule has 0 aliphatic carbocycles. The summed E-state index contributed by atoms with van der Waals surface area (Å²) in [6.45, 7) is 3.97. The van der Waals surface area contributed by atoms with Crippen LogP contribution < -0.4 is 5.32 Å². The smallest absolute Gasteiger partial charge is 0.240 e. The lowest BCUT2D eigenvalue weighted by atomic mass is 10.2. The van der Waals surface area contributed by atoms with Gasteiger partial charge in [0.1, 0.15) is 10.9 Å². The van der Waals surface area contributed by atoms with Crippen LogP contribution >= 0.6 is 24.0 Å². The predicted molar refractivity (Wildman–Crippen MR) is 64.7 cm³/mol. The van der Waals surface area contributed by atoms with Gasteiger partial charge in [-0.15, -0.1) is 0 Å². The van der Waals surface area contributed by atoms with Crippen molar-refractivity contribution in [3.05, 3.63) is 0 Å². The Bertz CT molecular complexity index is 278. The van der Waals surface area contributed by atoms with Crippen molar-refractivity contribution < 1.29 is 9.59 Å². The van der Waals surface area contributed by atoms with Gasteiger partial charge in [0.2, 0.25) is 11.8 Å². The van der Waals surface area contributed by atoms with Crippen molar-refractivity contribution in [2.45, 2.75) is 26.3 Å². The Labute approximate surface area is 98.8 Å². The van der Waals surface area contributed by atoms with Crippen molar-refractivity contribution in [1.29, 1.82) is 0 Å². The summed E-state index contributed by atoms with van der Waals surface area (Å²) < 4.78 is 0.499. The largest absolute Gasteiger partial charge is 0.352 e. The number of carbonyl (C=O) groups is 2. The molecule has 0 radical (unpaired) electrons. The molecular weight excluding hydrogens is 232 g/mol. The number of nitrogens with zero attached hydrogens (tertiary/aromatic N) is 1. The highest BCUT2D eigenvalue weighted by Gasteiger charge is 2.28. The standard InChI is InChI=1S/C9H14N2O2S2/c1-3-6(2)10-7(12)4-11-8(13)5-15-9(11)14/h6H,3-5H2,1-2H3,(H,10,12). The number of thiocarbonyl (C=S) groups is 1. The van der Waals surface area contributed by atoms with Gasteiger partial charge < -0.3 is 5.32 Å². The first kappa shape index (κ1) is 12.4. The van der Waals surface area contributed by atoms with E-state index in [2.05, 4.69) is 5.32 Å². The van der Waals surface area contributed by atoms with Crippen molar-refractivity contribution in [3.8, 4) is 0 Å². The van der Waals surface area contributed by atoms with Gasteiger partial charge in [0.25, 0.3) is 0 Å². The molecule has 1 saturated heterocycles. The average molecular weight is 246 g/mol. The second-order valence-corrected chi connectivity index (χ2v) is 5.02. The SMILES string of the molecule is CCC(C)NC(=O)CN1C(=O)CSC1=S. The minimum atomic E-state index is -0.150. The van der Waals surface area contributed by atoms with Crippen molar-refractivity contribution in [2.75, 3.05) is 12.3 Å². The van der Waals surface area contributed by atoms with E-state index in [-0.39, 0.29) is 24.4 Å². The summed E-state index contributed by atoms with van der Waals surface area (Å²) >= 11 is 6.27. The minimum Gasteiger partial charge on any atom is -0.352 e. The Morgan fingerprint density at radius 1 is 1.73 bits per heavy atom. The van der Waals surface area contributed by atoms with Crippen LogP contribution in [0.4, 0.5) is 0 Å². The molecule has 0 spiro atoms. The van der Waals surface area contributed by atoms with Gasteiger partial charge >= 0.3 is 0 Å². The molecule has 1 rings (SSSR count). The lowest BCUT2D eigenvalue weighted by Gasteiger charge is -2.16. The molecule has 1 unspecified atom stereocenters. The van der Waals surface area contributed by atoms with E-state index in [4.69, 9.17) is 12.2 Å². The highest BCUT2D eigenvalue weighted by molar-refractivity contribution is 8.23. The Balaban J connectivity index is 2.44. The lowest BCUT2D eigenvalue weighted by molar-refractivity contribution is -0.130. The maximum Gasteiger partial charge on any atom is 0.240 e. The molecule has 15 heavy (non-hydrogen) atoms. The van der Waals surface area contributed by atoms with Crippen LogP contribution in [0.2, 0.25) is 0 Å². The molecule has 4 nitrogen and oxygen atoms in total. The third kappa shape index (κ3) is 3.46. The van der Waals surface area contributed by atoms with E-state index in [1.54, 1.807) is 0 Å². The summed E-state index contributed by atoms with van der Waals surface area (Å²) in [5.74, 6) is 0.127. The van der Waals surface area contributed by atoms with E-state index in [1.165, 1.54) is 16.7 Å². The van der Waals surface area contributed by atoms with E-state index in [0.717, 1.165) is 6.42 Å². The first-order valence-corrected chi connectivity index (χ1v) is 6.20. The van der Waals surface area contributed by atoms with Crippen LogP contribution in [0, 0.1) is 0 Å². The summed E-state index contributed by atoms with van der Waals surface area (Å²) in [5, 5.41) is 2.80. The van der Waals surface area contributed by atoms with Gasteiger partial charge in [-0.3, -0.25) is 14.5 Å². The zero-order valence-electron chi connectivity index (χ0n) is 8.78. The average Bonchev–Trinajstić information content (AvgIpc) is 2.49. The Hall–Kier alpha value is -0.620. The second-order valence-electron chi connectivity index (χ2n) is 3.41. The molecule has 2 amide bonds. The van der Waals surface area contributed by atoms with Crippen molar-refractivity contribution in [1.82, 2.24) is 10.2 Å². The molecule has 1 aliphatic rings. The first-order chi connectivity index (χ1) is 7.04. The lowest BCUT2D eigenvalue weighted by Crippen LogP contribution is -2.42. The molecule has 0 bridgehead atoms. The molecule has 0 aromatic heterocycles. The fourth-order valence-electron chi connectivity index (χ4n) is 1.10. The monoisotopic (exact) mass is 246 g/mol. The maximum atomic E-state index is 11.5. The van der Waals surface area contributed by atoms with Crippen molar-refractivity contribution in [2.24, 2.45) is 0 Å².